The molecule has 0 saturated heterocycles. The minimum atomic E-state index is 0.460. The van der Waals surface area contributed by atoms with Crippen LogP contribution in [0.15, 0.2) is 35.3 Å². The number of hydrogen-bond acceptors (Lipinski definition) is 4. The first-order valence-electron chi connectivity index (χ1n) is 4.18. The lowest BCUT2D eigenvalue weighted by Crippen LogP contribution is -1.91. The molecule has 4 nitrogen and oxygen atoms in total. The van der Waals surface area contributed by atoms with Crippen LogP contribution in [0.1, 0.15) is 10.4 Å². The van der Waals surface area contributed by atoms with Crippen molar-refractivity contribution in [2.24, 2.45) is 0 Å². The van der Waals surface area contributed by atoms with E-state index in [1.165, 1.54) is 12.4 Å². The second-order valence-corrected chi connectivity index (χ2v) is 3.77. The molecular weight excluding hydrogens is 258 g/mol. The van der Waals surface area contributed by atoms with Gasteiger partial charge in [0, 0.05) is 34.8 Å². The van der Waals surface area contributed by atoms with Gasteiger partial charge in [-0.15, -0.1) is 0 Å². The van der Waals surface area contributed by atoms with Gasteiger partial charge in [-0.25, -0.2) is 9.97 Å². The summed E-state index contributed by atoms with van der Waals surface area (Å²) < 4.78 is 0.864. The predicted octanol–water partition coefficient (Wildman–Crippen LogP) is 2.11. The molecule has 0 amide bonds. The van der Waals surface area contributed by atoms with Gasteiger partial charge in [-0.2, -0.15) is 0 Å². The quantitative estimate of drug-likeness (QED) is 0.779. The number of aldehydes is 1. The standard InChI is InChI=1S/C10H6BrN3O/c11-9-1-8(4-12-5-9)10-13-2-7(6-15)3-14-10/h1-6H. The number of pyridine rings is 1. The van der Waals surface area contributed by atoms with Crippen LogP contribution in [0, 0.1) is 0 Å². The van der Waals surface area contributed by atoms with Gasteiger partial charge in [0.05, 0.1) is 5.56 Å². The van der Waals surface area contributed by atoms with Gasteiger partial charge in [0.15, 0.2) is 12.1 Å². The van der Waals surface area contributed by atoms with Crippen LogP contribution in [0.5, 0.6) is 0 Å². The smallest absolute Gasteiger partial charge is 0.160 e. The molecule has 0 aliphatic heterocycles. The lowest BCUT2D eigenvalue weighted by molar-refractivity contribution is 0.112. The Hall–Kier alpha value is -1.62. The van der Waals surface area contributed by atoms with E-state index < -0.39 is 0 Å². The van der Waals surface area contributed by atoms with E-state index >= 15 is 0 Å². The lowest BCUT2D eigenvalue weighted by atomic mass is 10.2. The highest BCUT2D eigenvalue weighted by Gasteiger charge is 2.01. The van der Waals surface area contributed by atoms with E-state index in [1.807, 2.05) is 6.07 Å². The Morgan fingerprint density at radius 1 is 1.13 bits per heavy atom. The van der Waals surface area contributed by atoms with E-state index in [2.05, 4.69) is 30.9 Å². The molecule has 0 aliphatic carbocycles. The molecule has 0 saturated carbocycles. The number of carbonyl (C=O) groups is 1. The van der Waals surface area contributed by atoms with Crippen LogP contribution in [-0.4, -0.2) is 21.2 Å². The summed E-state index contributed by atoms with van der Waals surface area (Å²) in [4.78, 5) is 22.5. The maximum absolute atomic E-state index is 10.4. The molecule has 15 heavy (non-hydrogen) atoms. The zero-order valence-corrected chi connectivity index (χ0v) is 9.18. The van der Waals surface area contributed by atoms with E-state index in [-0.39, 0.29) is 0 Å². The van der Waals surface area contributed by atoms with Gasteiger partial charge in [-0.05, 0) is 22.0 Å². The molecule has 2 heterocycles. The van der Waals surface area contributed by atoms with E-state index in [1.54, 1.807) is 12.4 Å². The number of aromatic nitrogens is 3. The molecule has 0 aliphatic rings. The van der Waals surface area contributed by atoms with Crippen molar-refractivity contribution in [3.05, 3.63) is 40.9 Å². The molecule has 0 spiro atoms. The topological polar surface area (TPSA) is 55.7 Å². The van der Waals surface area contributed by atoms with Crippen LogP contribution in [0.2, 0.25) is 0 Å². The summed E-state index contributed by atoms with van der Waals surface area (Å²) >= 11 is 3.31. The first-order chi connectivity index (χ1) is 7.29. The van der Waals surface area contributed by atoms with Gasteiger partial charge in [0.25, 0.3) is 0 Å². The van der Waals surface area contributed by atoms with Crippen molar-refractivity contribution in [3.63, 3.8) is 0 Å². The minimum Gasteiger partial charge on any atom is -0.298 e. The van der Waals surface area contributed by atoms with Crippen molar-refractivity contribution in [3.8, 4) is 11.4 Å². The molecule has 0 fully saturated rings. The number of carbonyl (C=O) groups excluding carboxylic acids is 1. The minimum absolute atomic E-state index is 0.460. The number of rotatable bonds is 2. The maximum Gasteiger partial charge on any atom is 0.160 e. The van der Waals surface area contributed by atoms with Crippen molar-refractivity contribution in [2.75, 3.05) is 0 Å². The molecular formula is C10H6BrN3O. The second-order valence-electron chi connectivity index (χ2n) is 2.85. The van der Waals surface area contributed by atoms with E-state index in [0.717, 1.165) is 10.0 Å². The summed E-state index contributed by atoms with van der Waals surface area (Å²) in [6.07, 6.45) is 7.03. The summed E-state index contributed by atoms with van der Waals surface area (Å²) in [5.74, 6) is 0.550. The molecule has 0 radical (unpaired) electrons. The third-order valence-corrected chi connectivity index (χ3v) is 2.20. The van der Waals surface area contributed by atoms with Crippen molar-refractivity contribution in [1.82, 2.24) is 15.0 Å². The predicted molar refractivity (Wildman–Crippen MR) is 58.4 cm³/mol. The number of nitrogens with zero attached hydrogens (tertiary/aromatic N) is 3. The third-order valence-electron chi connectivity index (χ3n) is 1.77. The van der Waals surface area contributed by atoms with Crippen LogP contribution < -0.4 is 0 Å². The Morgan fingerprint density at radius 2 is 1.87 bits per heavy atom. The molecule has 5 heteroatoms. The molecule has 2 aromatic heterocycles. The second kappa shape index (κ2) is 4.27. The zero-order valence-electron chi connectivity index (χ0n) is 7.59. The SMILES string of the molecule is O=Cc1cnc(-c2cncc(Br)c2)nc1. The van der Waals surface area contributed by atoms with E-state index in [4.69, 9.17) is 0 Å². The van der Waals surface area contributed by atoms with Crippen molar-refractivity contribution < 1.29 is 4.79 Å². The van der Waals surface area contributed by atoms with Gasteiger partial charge >= 0.3 is 0 Å². The summed E-state index contributed by atoms with van der Waals surface area (Å²) in [5, 5.41) is 0. The highest BCUT2D eigenvalue weighted by atomic mass is 79.9. The average Bonchev–Trinajstić information content (AvgIpc) is 2.29. The van der Waals surface area contributed by atoms with E-state index in [9.17, 15) is 4.79 Å². The Bertz CT molecular complexity index is 484. The summed E-state index contributed by atoms with van der Waals surface area (Å²) in [5.41, 5.74) is 1.27. The molecule has 0 unspecified atom stereocenters. The highest BCUT2D eigenvalue weighted by molar-refractivity contribution is 9.10. The van der Waals surface area contributed by atoms with Gasteiger partial charge in [-0.1, -0.05) is 0 Å². The molecule has 0 bridgehead atoms. The van der Waals surface area contributed by atoms with Gasteiger partial charge < -0.3 is 0 Å². The van der Waals surface area contributed by atoms with Gasteiger partial charge in [0.2, 0.25) is 0 Å². The Morgan fingerprint density at radius 3 is 2.47 bits per heavy atom. The molecule has 2 rings (SSSR count). The highest BCUT2D eigenvalue weighted by Crippen LogP contribution is 2.17. The normalized spacial score (nSPS) is 9.93. The third kappa shape index (κ3) is 2.24. The van der Waals surface area contributed by atoms with Crippen molar-refractivity contribution in [1.29, 1.82) is 0 Å². The molecule has 2 aromatic rings. The van der Waals surface area contributed by atoms with Crippen LogP contribution >= 0.6 is 15.9 Å². The monoisotopic (exact) mass is 263 g/mol. The number of hydrogen-bond donors (Lipinski definition) is 0. The Balaban J connectivity index is 2.41. The largest absolute Gasteiger partial charge is 0.298 e. The summed E-state index contributed by atoms with van der Waals surface area (Å²) in [7, 11) is 0. The maximum atomic E-state index is 10.4. The first kappa shape index (κ1) is 9.92. The number of halogens is 1. The molecule has 74 valence electrons. The average molecular weight is 264 g/mol. The summed E-state index contributed by atoms with van der Waals surface area (Å²) in [6.45, 7) is 0. The van der Waals surface area contributed by atoms with Crippen LogP contribution in [0.3, 0.4) is 0 Å². The fraction of sp³-hybridized carbons (Fsp3) is 0. The molecule has 0 atom stereocenters. The van der Waals surface area contributed by atoms with Crippen molar-refractivity contribution >= 4 is 22.2 Å². The lowest BCUT2D eigenvalue weighted by Gasteiger charge is -1.99. The zero-order chi connectivity index (χ0) is 10.7. The Labute approximate surface area is 94.5 Å². The van der Waals surface area contributed by atoms with Crippen molar-refractivity contribution in [2.45, 2.75) is 0 Å². The first-order valence-corrected chi connectivity index (χ1v) is 4.97. The van der Waals surface area contributed by atoms with Crippen LogP contribution in [-0.2, 0) is 0 Å². The van der Waals surface area contributed by atoms with Crippen LogP contribution in [0.25, 0.3) is 11.4 Å². The Kier molecular flexibility index (Phi) is 2.82. The summed E-state index contributed by atoms with van der Waals surface area (Å²) in [6, 6.07) is 1.86. The molecule has 0 N–H and O–H groups in total. The van der Waals surface area contributed by atoms with Crippen LogP contribution in [0.4, 0.5) is 0 Å². The van der Waals surface area contributed by atoms with E-state index in [0.29, 0.717) is 17.7 Å². The fourth-order valence-electron chi connectivity index (χ4n) is 1.08. The molecule has 0 aromatic carbocycles. The fourth-order valence-corrected chi connectivity index (χ4v) is 1.45. The van der Waals surface area contributed by atoms with Gasteiger partial charge in [0.1, 0.15) is 0 Å². The van der Waals surface area contributed by atoms with Gasteiger partial charge in [-0.3, -0.25) is 9.78 Å².